The predicted molar refractivity (Wildman–Crippen MR) is 91.4 cm³/mol. The zero-order chi connectivity index (χ0) is 14.8. The number of benzene rings is 2. The average Bonchev–Trinajstić information content (AvgIpc) is 2.87. The SMILES string of the molecule is C=C/C=C\C=C(/C)c1cccc2c1oc1c(C)cccc12. The summed E-state index contributed by atoms with van der Waals surface area (Å²) >= 11 is 0. The first-order chi connectivity index (χ1) is 10.2. The van der Waals surface area contributed by atoms with Gasteiger partial charge in [0.2, 0.25) is 0 Å². The van der Waals surface area contributed by atoms with Gasteiger partial charge in [-0.15, -0.1) is 0 Å². The monoisotopic (exact) mass is 274 g/mol. The van der Waals surface area contributed by atoms with E-state index >= 15 is 0 Å². The van der Waals surface area contributed by atoms with Crippen LogP contribution in [0.3, 0.4) is 0 Å². The van der Waals surface area contributed by atoms with E-state index in [2.05, 4.69) is 62.9 Å². The minimum absolute atomic E-state index is 0.961. The van der Waals surface area contributed by atoms with E-state index in [-0.39, 0.29) is 0 Å². The number of hydrogen-bond acceptors (Lipinski definition) is 1. The van der Waals surface area contributed by atoms with E-state index in [9.17, 15) is 0 Å². The molecule has 2 aromatic carbocycles. The van der Waals surface area contributed by atoms with Crippen LogP contribution in [0, 0.1) is 6.92 Å². The van der Waals surface area contributed by atoms with Gasteiger partial charge in [-0.25, -0.2) is 0 Å². The van der Waals surface area contributed by atoms with Gasteiger partial charge in [0, 0.05) is 16.3 Å². The number of hydrogen-bond donors (Lipinski definition) is 0. The van der Waals surface area contributed by atoms with Gasteiger partial charge < -0.3 is 4.42 Å². The number of para-hydroxylation sites is 2. The minimum Gasteiger partial charge on any atom is -0.455 e. The van der Waals surface area contributed by atoms with Crippen LogP contribution in [0.5, 0.6) is 0 Å². The zero-order valence-electron chi connectivity index (χ0n) is 12.4. The molecule has 1 heteroatoms. The van der Waals surface area contributed by atoms with Crippen LogP contribution in [0.25, 0.3) is 27.5 Å². The number of fused-ring (bicyclic) bond motifs is 3. The highest BCUT2D eigenvalue weighted by Crippen LogP contribution is 2.34. The van der Waals surface area contributed by atoms with Gasteiger partial charge in [-0.2, -0.15) is 0 Å². The summed E-state index contributed by atoms with van der Waals surface area (Å²) in [6.07, 6.45) is 7.77. The third-order valence-electron chi connectivity index (χ3n) is 3.74. The molecule has 3 aromatic rings. The summed E-state index contributed by atoms with van der Waals surface area (Å²) in [4.78, 5) is 0. The third-order valence-corrected chi connectivity index (χ3v) is 3.74. The van der Waals surface area contributed by atoms with Crippen LogP contribution >= 0.6 is 0 Å². The molecule has 1 heterocycles. The second-order valence-corrected chi connectivity index (χ2v) is 5.21. The molecule has 0 fully saturated rings. The Balaban J connectivity index is 2.27. The van der Waals surface area contributed by atoms with Gasteiger partial charge in [0.15, 0.2) is 0 Å². The lowest BCUT2D eigenvalue weighted by Gasteiger charge is -2.01. The van der Waals surface area contributed by atoms with Crippen molar-refractivity contribution in [3.63, 3.8) is 0 Å². The highest BCUT2D eigenvalue weighted by molar-refractivity contribution is 6.08. The van der Waals surface area contributed by atoms with E-state index < -0.39 is 0 Å². The van der Waals surface area contributed by atoms with Gasteiger partial charge in [0.1, 0.15) is 11.2 Å². The van der Waals surface area contributed by atoms with Crippen LogP contribution in [0.2, 0.25) is 0 Å². The Kier molecular flexibility index (Phi) is 3.49. The lowest BCUT2D eigenvalue weighted by molar-refractivity contribution is 0.664. The molecule has 0 aliphatic carbocycles. The number of aryl methyl sites for hydroxylation is 1. The standard InChI is InChI=1S/C20H18O/c1-4-5-6-9-14(2)16-11-8-13-18-17-12-7-10-15(3)19(17)21-20(16)18/h4-13H,1H2,2-3H3/b6-5-,14-9+. The molecule has 0 aliphatic heterocycles. The molecule has 0 aliphatic rings. The molecule has 0 N–H and O–H groups in total. The summed E-state index contributed by atoms with van der Waals surface area (Å²) in [5.41, 5.74) is 5.42. The molecule has 0 spiro atoms. The van der Waals surface area contributed by atoms with Crippen LogP contribution in [-0.2, 0) is 0 Å². The maximum absolute atomic E-state index is 6.16. The summed E-state index contributed by atoms with van der Waals surface area (Å²) in [5, 5.41) is 2.35. The molecule has 1 nitrogen and oxygen atoms in total. The molecule has 0 unspecified atom stereocenters. The maximum atomic E-state index is 6.16. The second-order valence-electron chi connectivity index (χ2n) is 5.21. The normalized spacial score (nSPS) is 12.6. The average molecular weight is 274 g/mol. The van der Waals surface area contributed by atoms with Crippen LogP contribution < -0.4 is 0 Å². The Morgan fingerprint density at radius 1 is 1.00 bits per heavy atom. The number of rotatable bonds is 3. The Morgan fingerprint density at radius 2 is 1.71 bits per heavy atom. The van der Waals surface area contributed by atoms with Crippen molar-refractivity contribution in [2.24, 2.45) is 0 Å². The van der Waals surface area contributed by atoms with E-state index in [0.29, 0.717) is 0 Å². The molecule has 0 radical (unpaired) electrons. The van der Waals surface area contributed by atoms with Crippen molar-refractivity contribution in [2.75, 3.05) is 0 Å². The molecule has 0 atom stereocenters. The summed E-state index contributed by atoms with van der Waals surface area (Å²) < 4.78 is 6.16. The van der Waals surface area contributed by atoms with Gasteiger partial charge in [-0.1, -0.05) is 67.3 Å². The van der Waals surface area contributed by atoms with E-state index in [1.54, 1.807) is 6.08 Å². The molecular formula is C20H18O. The van der Waals surface area contributed by atoms with Crippen molar-refractivity contribution >= 4 is 27.5 Å². The Morgan fingerprint density at radius 3 is 2.48 bits per heavy atom. The molecule has 0 saturated heterocycles. The molecule has 21 heavy (non-hydrogen) atoms. The Bertz CT molecular complexity index is 875. The molecule has 1 aromatic heterocycles. The summed E-state index contributed by atoms with van der Waals surface area (Å²) in [7, 11) is 0. The zero-order valence-corrected chi connectivity index (χ0v) is 12.4. The Hall–Kier alpha value is -2.54. The molecule has 0 saturated carbocycles. The molecular weight excluding hydrogens is 256 g/mol. The first-order valence-electron chi connectivity index (χ1n) is 7.09. The van der Waals surface area contributed by atoms with E-state index in [4.69, 9.17) is 4.42 Å². The van der Waals surface area contributed by atoms with Crippen LogP contribution in [0.15, 0.2) is 71.7 Å². The maximum Gasteiger partial charge on any atom is 0.142 e. The first-order valence-corrected chi connectivity index (χ1v) is 7.09. The third kappa shape index (κ3) is 2.31. The Labute approximate surface area is 124 Å². The van der Waals surface area contributed by atoms with Crippen molar-refractivity contribution in [3.05, 3.63) is 78.4 Å². The number of furan rings is 1. The van der Waals surface area contributed by atoms with Crippen molar-refractivity contribution in [2.45, 2.75) is 13.8 Å². The topological polar surface area (TPSA) is 13.1 Å². The van der Waals surface area contributed by atoms with Gasteiger partial charge >= 0.3 is 0 Å². The smallest absolute Gasteiger partial charge is 0.142 e. The van der Waals surface area contributed by atoms with Crippen LogP contribution in [0.1, 0.15) is 18.1 Å². The molecule has 104 valence electrons. The van der Waals surface area contributed by atoms with Crippen molar-refractivity contribution in [3.8, 4) is 0 Å². The summed E-state index contributed by atoms with van der Waals surface area (Å²) in [5.74, 6) is 0. The van der Waals surface area contributed by atoms with Crippen LogP contribution in [-0.4, -0.2) is 0 Å². The highest BCUT2D eigenvalue weighted by Gasteiger charge is 2.12. The van der Waals surface area contributed by atoms with Gasteiger partial charge in [-0.05, 0) is 25.0 Å². The molecule has 0 bridgehead atoms. The summed E-state index contributed by atoms with van der Waals surface area (Å²) in [6, 6.07) is 12.6. The van der Waals surface area contributed by atoms with E-state index in [0.717, 1.165) is 16.7 Å². The van der Waals surface area contributed by atoms with Gasteiger partial charge in [0.25, 0.3) is 0 Å². The number of allylic oxidation sites excluding steroid dienone is 5. The molecule has 0 amide bonds. The summed E-state index contributed by atoms with van der Waals surface area (Å²) in [6.45, 7) is 7.87. The van der Waals surface area contributed by atoms with Crippen molar-refractivity contribution < 1.29 is 4.42 Å². The lowest BCUT2D eigenvalue weighted by atomic mass is 10.0. The minimum atomic E-state index is 0.961. The predicted octanol–water partition coefficient (Wildman–Crippen LogP) is 6.04. The quantitative estimate of drug-likeness (QED) is 0.531. The second kappa shape index (κ2) is 5.45. The lowest BCUT2D eigenvalue weighted by Crippen LogP contribution is -1.79. The highest BCUT2D eigenvalue weighted by atomic mass is 16.3. The van der Waals surface area contributed by atoms with Gasteiger partial charge in [-0.3, -0.25) is 0 Å². The van der Waals surface area contributed by atoms with E-state index in [1.807, 2.05) is 12.2 Å². The fourth-order valence-electron chi connectivity index (χ4n) is 2.64. The fourth-order valence-corrected chi connectivity index (χ4v) is 2.64. The van der Waals surface area contributed by atoms with Gasteiger partial charge in [0.05, 0.1) is 0 Å². The van der Waals surface area contributed by atoms with E-state index in [1.165, 1.54) is 21.9 Å². The molecule has 3 rings (SSSR count). The largest absolute Gasteiger partial charge is 0.455 e. The van der Waals surface area contributed by atoms with Crippen LogP contribution in [0.4, 0.5) is 0 Å². The fraction of sp³-hybridized carbons (Fsp3) is 0.100. The van der Waals surface area contributed by atoms with Crippen molar-refractivity contribution in [1.82, 2.24) is 0 Å². The van der Waals surface area contributed by atoms with Crippen molar-refractivity contribution in [1.29, 1.82) is 0 Å². The first kappa shape index (κ1) is 13.4.